The van der Waals surface area contributed by atoms with Gasteiger partial charge < -0.3 is 10.1 Å². The number of imide groups is 1. The zero-order valence-electron chi connectivity index (χ0n) is 11.5. The summed E-state index contributed by atoms with van der Waals surface area (Å²) >= 11 is 0. The Morgan fingerprint density at radius 3 is 2.48 bits per heavy atom. The number of rotatable bonds is 3. The number of benzene rings is 2. The van der Waals surface area contributed by atoms with E-state index in [9.17, 15) is 9.59 Å². The molecule has 1 aliphatic heterocycles. The van der Waals surface area contributed by atoms with Gasteiger partial charge in [-0.05, 0) is 30.0 Å². The summed E-state index contributed by atoms with van der Waals surface area (Å²) in [6.07, 6.45) is 1.66. The topological polar surface area (TPSA) is 67.4 Å². The van der Waals surface area contributed by atoms with E-state index in [2.05, 4.69) is 10.6 Å². The molecule has 0 saturated carbocycles. The summed E-state index contributed by atoms with van der Waals surface area (Å²) in [5, 5.41) is 6.61. The molecular formula is C16H14N2O3. The molecule has 0 atom stereocenters. The Hall–Kier alpha value is -2.82. The minimum Gasteiger partial charge on any atom is -0.493 e. The van der Waals surface area contributed by atoms with Gasteiger partial charge in [-0.25, -0.2) is 4.79 Å². The third-order valence-corrected chi connectivity index (χ3v) is 3.24. The summed E-state index contributed by atoms with van der Waals surface area (Å²) in [6.45, 7) is 2.52. The van der Waals surface area contributed by atoms with E-state index >= 15 is 0 Å². The molecule has 0 unspecified atom stereocenters. The van der Waals surface area contributed by atoms with E-state index in [0.717, 1.165) is 22.1 Å². The van der Waals surface area contributed by atoms with Gasteiger partial charge in [0.25, 0.3) is 5.91 Å². The van der Waals surface area contributed by atoms with Crippen LogP contribution in [0.1, 0.15) is 12.5 Å². The second-order valence-corrected chi connectivity index (χ2v) is 4.60. The van der Waals surface area contributed by atoms with Crippen molar-refractivity contribution in [3.05, 3.63) is 47.7 Å². The van der Waals surface area contributed by atoms with Crippen molar-refractivity contribution in [3.63, 3.8) is 0 Å². The first kappa shape index (κ1) is 13.2. The lowest BCUT2D eigenvalue weighted by molar-refractivity contribution is -0.115. The minimum atomic E-state index is -0.499. The van der Waals surface area contributed by atoms with Crippen LogP contribution in [-0.4, -0.2) is 18.5 Å². The van der Waals surface area contributed by atoms with Gasteiger partial charge in [-0.2, -0.15) is 0 Å². The summed E-state index contributed by atoms with van der Waals surface area (Å²) in [5.41, 5.74) is 1.09. The van der Waals surface area contributed by atoms with Gasteiger partial charge in [0.2, 0.25) is 0 Å². The number of nitrogens with one attached hydrogen (secondary N) is 2. The SMILES string of the molecule is CCOc1ccc(/C=C2\NC(=O)NC2=O)c2ccccc12. The minimum absolute atomic E-state index is 0.245. The lowest BCUT2D eigenvalue weighted by Gasteiger charge is -2.10. The molecule has 0 bridgehead atoms. The Bertz CT molecular complexity index is 765. The first-order chi connectivity index (χ1) is 10.2. The van der Waals surface area contributed by atoms with Gasteiger partial charge in [-0.15, -0.1) is 0 Å². The highest BCUT2D eigenvalue weighted by Gasteiger charge is 2.23. The van der Waals surface area contributed by atoms with Crippen molar-refractivity contribution < 1.29 is 14.3 Å². The Morgan fingerprint density at radius 2 is 1.81 bits per heavy atom. The maximum absolute atomic E-state index is 11.6. The van der Waals surface area contributed by atoms with E-state index in [0.29, 0.717) is 6.61 Å². The van der Waals surface area contributed by atoms with Crippen LogP contribution in [0.2, 0.25) is 0 Å². The van der Waals surface area contributed by atoms with Crippen LogP contribution in [0.15, 0.2) is 42.1 Å². The largest absolute Gasteiger partial charge is 0.493 e. The number of ether oxygens (including phenoxy) is 1. The average Bonchev–Trinajstić information content (AvgIpc) is 2.80. The summed E-state index contributed by atoms with van der Waals surface area (Å²) in [6, 6.07) is 11.0. The number of carbonyl (C=O) groups excluding carboxylic acids is 2. The average molecular weight is 282 g/mol. The molecule has 0 spiro atoms. The van der Waals surface area contributed by atoms with Crippen molar-refractivity contribution in [2.75, 3.05) is 6.61 Å². The fourth-order valence-corrected chi connectivity index (χ4v) is 2.34. The molecule has 2 N–H and O–H groups in total. The molecular weight excluding hydrogens is 268 g/mol. The van der Waals surface area contributed by atoms with Crippen molar-refractivity contribution in [2.45, 2.75) is 6.92 Å². The van der Waals surface area contributed by atoms with Gasteiger partial charge in [0.15, 0.2) is 0 Å². The highest BCUT2D eigenvalue weighted by Crippen LogP contribution is 2.29. The molecule has 3 amide bonds. The quantitative estimate of drug-likeness (QED) is 0.671. The molecule has 0 aromatic heterocycles. The summed E-state index contributed by atoms with van der Waals surface area (Å²) < 4.78 is 5.61. The fourth-order valence-electron chi connectivity index (χ4n) is 2.34. The maximum Gasteiger partial charge on any atom is 0.326 e. The highest BCUT2D eigenvalue weighted by atomic mass is 16.5. The number of hydrogen-bond donors (Lipinski definition) is 2. The number of carbonyl (C=O) groups is 2. The lowest BCUT2D eigenvalue weighted by atomic mass is 10.0. The lowest BCUT2D eigenvalue weighted by Crippen LogP contribution is -2.22. The highest BCUT2D eigenvalue weighted by molar-refractivity contribution is 6.14. The zero-order valence-corrected chi connectivity index (χ0v) is 11.5. The molecule has 2 aromatic rings. The second-order valence-electron chi connectivity index (χ2n) is 4.60. The number of hydrogen-bond acceptors (Lipinski definition) is 3. The zero-order chi connectivity index (χ0) is 14.8. The molecule has 5 heteroatoms. The van der Waals surface area contributed by atoms with Gasteiger partial charge in [0, 0.05) is 5.39 Å². The Kier molecular flexibility index (Phi) is 3.31. The summed E-state index contributed by atoms with van der Waals surface area (Å²) in [4.78, 5) is 22.8. The third-order valence-electron chi connectivity index (χ3n) is 3.24. The van der Waals surface area contributed by atoms with Gasteiger partial charge in [0.1, 0.15) is 11.4 Å². The number of amides is 3. The Balaban J connectivity index is 2.12. The van der Waals surface area contributed by atoms with Crippen LogP contribution >= 0.6 is 0 Å². The van der Waals surface area contributed by atoms with Gasteiger partial charge >= 0.3 is 6.03 Å². The molecule has 1 aliphatic rings. The fraction of sp³-hybridized carbons (Fsp3) is 0.125. The van der Waals surface area contributed by atoms with Gasteiger partial charge in [0.05, 0.1) is 6.61 Å². The van der Waals surface area contributed by atoms with Gasteiger partial charge in [-0.1, -0.05) is 30.3 Å². The summed E-state index contributed by atoms with van der Waals surface area (Å²) in [5.74, 6) is 0.383. The van der Waals surface area contributed by atoms with E-state index in [1.165, 1.54) is 0 Å². The molecule has 21 heavy (non-hydrogen) atoms. The van der Waals surface area contributed by atoms with Crippen LogP contribution in [0.25, 0.3) is 16.8 Å². The van der Waals surface area contributed by atoms with Gasteiger partial charge in [-0.3, -0.25) is 10.1 Å². The molecule has 1 saturated heterocycles. The van der Waals surface area contributed by atoms with E-state index in [-0.39, 0.29) is 5.70 Å². The molecule has 1 heterocycles. The van der Waals surface area contributed by atoms with E-state index < -0.39 is 11.9 Å². The summed E-state index contributed by atoms with van der Waals surface area (Å²) in [7, 11) is 0. The standard InChI is InChI=1S/C16H14N2O3/c1-2-21-14-8-7-10(11-5-3-4-6-12(11)14)9-13-15(19)18-16(20)17-13/h3-9H,2H2,1H3,(H2,17,18,19,20)/b13-9-. The predicted octanol–water partition coefficient (Wildman–Crippen LogP) is 2.42. The Morgan fingerprint density at radius 1 is 1.05 bits per heavy atom. The first-order valence-electron chi connectivity index (χ1n) is 6.67. The second kappa shape index (κ2) is 5.28. The normalized spacial score (nSPS) is 16.1. The van der Waals surface area contributed by atoms with Crippen molar-refractivity contribution >= 4 is 28.8 Å². The van der Waals surface area contributed by atoms with Crippen LogP contribution in [-0.2, 0) is 4.79 Å². The molecule has 5 nitrogen and oxygen atoms in total. The van der Waals surface area contributed by atoms with Crippen molar-refractivity contribution in [2.24, 2.45) is 0 Å². The monoisotopic (exact) mass is 282 g/mol. The van der Waals surface area contributed by atoms with Crippen molar-refractivity contribution in [1.29, 1.82) is 0 Å². The number of fused-ring (bicyclic) bond motifs is 1. The van der Waals surface area contributed by atoms with E-state index in [4.69, 9.17) is 4.74 Å². The van der Waals surface area contributed by atoms with Crippen molar-refractivity contribution in [1.82, 2.24) is 10.6 Å². The maximum atomic E-state index is 11.6. The van der Waals surface area contributed by atoms with Crippen LogP contribution in [0.4, 0.5) is 4.79 Å². The molecule has 1 fully saturated rings. The van der Waals surface area contributed by atoms with Crippen LogP contribution in [0.5, 0.6) is 5.75 Å². The van der Waals surface area contributed by atoms with E-state index in [1.807, 2.05) is 43.3 Å². The van der Waals surface area contributed by atoms with Crippen molar-refractivity contribution in [3.8, 4) is 5.75 Å². The van der Waals surface area contributed by atoms with Crippen LogP contribution < -0.4 is 15.4 Å². The third kappa shape index (κ3) is 2.45. The predicted molar refractivity (Wildman–Crippen MR) is 79.8 cm³/mol. The molecule has 0 radical (unpaired) electrons. The van der Waals surface area contributed by atoms with Crippen LogP contribution in [0.3, 0.4) is 0 Å². The number of urea groups is 1. The molecule has 3 rings (SSSR count). The first-order valence-corrected chi connectivity index (χ1v) is 6.67. The molecule has 106 valence electrons. The molecule has 2 aromatic carbocycles. The smallest absolute Gasteiger partial charge is 0.326 e. The molecule has 0 aliphatic carbocycles. The Labute approximate surface area is 121 Å². The van der Waals surface area contributed by atoms with Crippen LogP contribution in [0, 0.1) is 0 Å². The van der Waals surface area contributed by atoms with E-state index in [1.54, 1.807) is 6.08 Å².